The number of halogens is 2. The van der Waals surface area contributed by atoms with E-state index in [2.05, 4.69) is 22.9 Å². The van der Waals surface area contributed by atoms with Crippen molar-refractivity contribution in [2.75, 3.05) is 5.75 Å². The van der Waals surface area contributed by atoms with Crippen LogP contribution in [0.15, 0.2) is 22.7 Å². The molecule has 1 aliphatic rings. The summed E-state index contributed by atoms with van der Waals surface area (Å²) in [4.78, 5) is 0. The Hall–Kier alpha value is -0.0600. The average molecular weight is 318 g/mol. The summed E-state index contributed by atoms with van der Waals surface area (Å²) >= 11 is 5.26. The highest BCUT2D eigenvalue weighted by Gasteiger charge is 2.35. The molecule has 2 unspecified atom stereocenters. The van der Waals surface area contributed by atoms with E-state index in [0.29, 0.717) is 0 Å². The summed E-state index contributed by atoms with van der Waals surface area (Å²) in [7, 11) is 0. The van der Waals surface area contributed by atoms with Crippen LogP contribution in [0.25, 0.3) is 0 Å². The molecule has 1 fully saturated rings. The minimum Gasteiger partial charge on any atom is -0.326 e. The summed E-state index contributed by atoms with van der Waals surface area (Å²) in [5.74, 6) is 0.989. The fourth-order valence-electron chi connectivity index (χ4n) is 2.29. The molecule has 2 N–H and O–H groups in total. The third-order valence-electron chi connectivity index (χ3n) is 3.41. The Morgan fingerprint density at radius 2 is 2.29 bits per heavy atom. The van der Waals surface area contributed by atoms with Gasteiger partial charge in [0.15, 0.2) is 0 Å². The number of thioether (sulfide) groups is 1. The van der Waals surface area contributed by atoms with Crippen molar-refractivity contribution in [1.82, 2.24) is 0 Å². The van der Waals surface area contributed by atoms with E-state index in [1.54, 1.807) is 6.07 Å². The zero-order chi connectivity index (χ0) is 12.5. The van der Waals surface area contributed by atoms with Crippen LogP contribution in [-0.2, 0) is 6.42 Å². The quantitative estimate of drug-likeness (QED) is 0.919. The molecule has 1 aromatic rings. The number of hydrogen-bond donors (Lipinski definition) is 1. The molecule has 0 radical (unpaired) electrons. The second-order valence-corrected chi connectivity index (χ2v) is 7.40. The van der Waals surface area contributed by atoms with Crippen LogP contribution in [-0.4, -0.2) is 16.5 Å². The summed E-state index contributed by atoms with van der Waals surface area (Å²) < 4.78 is 14.2. The fraction of sp³-hybridized carbons (Fsp3) is 0.538. The number of benzene rings is 1. The molecular weight excluding hydrogens is 301 g/mol. The highest BCUT2D eigenvalue weighted by molar-refractivity contribution is 9.10. The van der Waals surface area contributed by atoms with Crippen molar-refractivity contribution in [2.45, 2.75) is 37.0 Å². The van der Waals surface area contributed by atoms with E-state index in [0.717, 1.165) is 22.9 Å². The summed E-state index contributed by atoms with van der Waals surface area (Å²) in [6, 6.07) is 5.09. The van der Waals surface area contributed by atoms with Gasteiger partial charge in [-0.25, -0.2) is 4.39 Å². The summed E-state index contributed by atoms with van der Waals surface area (Å²) in [6.45, 7) is 2.23. The van der Waals surface area contributed by atoms with E-state index < -0.39 is 0 Å². The normalized spacial score (nSPS) is 26.1. The Kier molecular flexibility index (Phi) is 4.16. The maximum Gasteiger partial charge on any atom is 0.124 e. The second-order valence-electron chi connectivity index (χ2n) is 4.85. The standard InChI is InChI=1S/C13H17BrFNS/c1-13(3-2-4-17-13)12(16)7-9-5-10(14)8-11(15)6-9/h5-6,8,12H,2-4,7,16H2,1H3. The Labute approximate surface area is 114 Å². The summed E-state index contributed by atoms with van der Waals surface area (Å²) in [6.07, 6.45) is 3.14. The Balaban J connectivity index is 2.09. The first-order chi connectivity index (χ1) is 7.99. The van der Waals surface area contributed by atoms with Gasteiger partial charge >= 0.3 is 0 Å². The first-order valence-electron chi connectivity index (χ1n) is 5.84. The predicted molar refractivity (Wildman–Crippen MR) is 75.9 cm³/mol. The highest BCUT2D eigenvalue weighted by atomic mass is 79.9. The van der Waals surface area contributed by atoms with Crippen LogP contribution in [0, 0.1) is 5.82 Å². The van der Waals surface area contributed by atoms with Gasteiger partial charge in [-0.2, -0.15) is 11.8 Å². The van der Waals surface area contributed by atoms with Crippen molar-refractivity contribution in [3.05, 3.63) is 34.1 Å². The summed E-state index contributed by atoms with van der Waals surface area (Å²) in [5.41, 5.74) is 7.26. The highest BCUT2D eigenvalue weighted by Crippen LogP contribution is 2.40. The zero-order valence-electron chi connectivity index (χ0n) is 9.88. The minimum atomic E-state index is -0.203. The van der Waals surface area contributed by atoms with Gasteiger partial charge in [0, 0.05) is 15.3 Å². The molecule has 0 saturated carbocycles. The van der Waals surface area contributed by atoms with Gasteiger partial charge in [-0.05, 0) is 55.7 Å². The Bertz CT molecular complexity index is 384. The molecule has 94 valence electrons. The largest absolute Gasteiger partial charge is 0.326 e. The molecule has 1 nitrogen and oxygen atoms in total. The molecule has 1 aromatic carbocycles. The number of nitrogens with two attached hydrogens (primary N) is 1. The van der Waals surface area contributed by atoms with E-state index in [1.807, 2.05) is 17.8 Å². The van der Waals surface area contributed by atoms with Gasteiger partial charge in [0.2, 0.25) is 0 Å². The van der Waals surface area contributed by atoms with Crippen LogP contribution >= 0.6 is 27.7 Å². The molecule has 0 spiro atoms. The van der Waals surface area contributed by atoms with Gasteiger partial charge in [0.05, 0.1) is 0 Å². The van der Waals surface area contributed by atoms with Crippen LogP contribution in [0.5, 0.6) is 0 Å². The number of hydrogen-bond acceptors (Lipinski definition) is 2. The Morgan fingerprint density at radius 1 is 1.53 bits per heavy atom. The van der Waals surface area contributed by atoms with Crippen LogP contribution in [0.1, 0.15) is 25.3 Å². The smallest absolute Gasteiger partial charge is 0.124 e. The molecule has 17 heavy (non-hydrogen) atoms. The van der Waals surface area contributed by atoms with E-state index >= 15 is 0 Å². The summed E-state index contributed by atoms with van der Waals surface area (Å²) in [5, 5.41) is 0. The molecule has 1 saturated heterocycles. The van der Waals surface area contributed by atoms with Crippen LogP contribution in [0.3, 0.4) is 0 Å². The molecule has 1 aliphatic heterocycles. The van der Waals surface area contributed by atoms with Crippen LogP contribution in [0.4, 0.5) is 4.39 Å². The average Bonchev–Trinajstić information content (AvgIpc) is 2.64. The van der Waals surface area contributed by atoms with E-state index in [-0.39, 0.29) is 16.6 Å². The van der Waals surface area contributed by atoms with Gasteiger partial charge in [0.1, 0.15) is 5.82 Å². The maximum atomic E-state index is 13.3. The van der Waals surface area contributed by atoms with E-state index in [1.165, 1.54) is 18.2 Å². The van der Waals surface area contributed by atoms with E-state index in [9.17, 15) is 4.39 Å². The van der Waals surface area contributed by atoms with Crippen molar-refractivity contribution in [1.29, 1.82) is 0 Å². The molecule has 0 bridgehead atoms. The van der Waals surface area contributed by atoms with Crippen LogP contribution in [0.2, 0.25) is 0 Å². The zero-order valence-corrected chi connectivity index (χ0v) is 12.3. The predicted octanol–water partition coefficient (Wildman–Crippen LogP) is 3.74. The fourth-order valence-corrected chi connectivity index (χ4v) is 4.15. The number of rotatable bonds is 3. The van der Waals surface area contributed by atoms with Crippen molar-refractivity contribution >= 4 is 27.7 Å². The van der Waals surface area contributed by atoms with Crippen molar-refractivity contribution < 1.29 is 4.39 Å². The molecule has 4 heteroatoms. The SMILES string of the molecule is CC1(C(N)Cc2cc(F)cc(Br)c2)CCCS1. The topological polar surface area (TPSA) is 26.0 Å². The monoisotopic (exact) mass is 317 g/mol. The van der Waals surface area contributed by atoms with Gasteiger partial charge in [-0.1, -0.05) is 15.9 Å². The lowest BCUT2D eigenvalue weighted by Gasteiger charge is -2.30. The van der Waals surface area contributed by atoms with Gasteiger partial charge in [0.25, 0.3) is 0 Å². The van der Waals surface area contributed by atoms with Gasteiger partial charge in [-0.3, -0.25) is 0 Å². The molecular formula is C13H17BrFNS. The third-order valence-corrected chi connectivity index (χ3v) is 5.53. The van der Waals surface area contributed by atoms with Gasteiger partial charge in [-0.15, -0.1) is 0 Å². The molecule has 2 rings (SSSR count). The molecule has 0 aliphatic carbocycles. The van der Waals surface area contributed by atoms with Gasteiger partial charge < -0.3 is 5.73 Å². The van der Waals surface area contributed by atoms with Crippen molar-refractivity contribution in [3.63, 3.8) is 0 Å². The second kappa shape index (κ2) is 5.29. The molecule has 1 heterocycles. The first kappa shape index (κ1) is 13.4. The van der Waals surface area contributed by atoms with Crippen molar-refractivity contribution in [2.24, 2.45) is 5.73 Å². The van der Waals surface area contributed by atoms with Crippen LogP contribution < -0.4 is 5.73 Å². The lowest BCUT2D eigenvalue weighted by molar-refractivity contribution is 0.481. The molecule has 2 atom stereocenters. The van der Waals surface area contributed by atoms with Crippen molar-refractivity contribution in [3.8, 4) is 0 Å². The minimum absolute atomic E-state index is 0.0868. The lowest BCUT2D eigenvalue weighted by atomic mass is 9.91. The third kappa shape index (κ3) is 3.24. The molecule has 0 aromatic heterocycles. The lowest BCUT2D eigenvalue weighted by Crippen LogP contribution is -2.42. The maximum absolute atomic E-state index is 13.3. The molecule has 0 amide bonds. The van der Waals surface area contributed by atoms with E-state index in [4.69, 9.17) is 5.73 Å². The first-order valence-corrected chi connectivity index (χ1v) is 7.62. The Morgan fingerprint density at radius 3 is 2.88 bits per heavy atom.